The Labute approximate surface area is 54.9 Å². The van der Waals surface area contributed by atoms with Gasteiger partial charge in [0.25, 0.3) is 0 Å². The number of rotatable bonds is 3. The molecular formula is C4H12ClNO2. The van der Waals surface area contributed by atoms with E-state index in [1.165, 1.54) is 0 Å². The van der Waals surface area contributed by atoms with Crippen molar-refractivity contribution < 1.29 is 10.2 Å². The van der Waals surface area contributed by atoms with Crippen LogP contribution in [0.25, 0.3) is 0 Å². The molecule has 3 nitrogen and oxygen atoms in total. The molecule has 0 aromatic rings. The first-order chi connectivity index (χ1) is 3.35. The van der Waals surface area contributed by atoms with Crippen LogP contribution < -0.4 is 5.73 Å². The number of nitrogens with two attached hydrogens (primary N) is 1. The van der Waals surface area contributed by atoms with E-state index in [1.807, 2.05) is 0 Å². The molecule has 4 heteroatoms. The molecule has 0 amide bonds. The summed E-state index contributed by atoms with van der Waals surface area (Å²) in [5, 5.41) is 16.6. The van der Waals surface area contributed by atoms with E-state index in [0.717, 1.165) is 0 Å². The van der Waals surface area contributed by atoms with Gasteiger partial charge in [-0.05, 0) is 6.54 Å². The van der Waals surface area contributed by atoms with Crippen molar-refractivity contribution in [3.8, 4) is 0 Å². The number of aliphatic hydroxyl groups excluding tert-OH is 2. The van der Waals surface area contributed by atoms with E-state index in [2.05, 4.69) is 0 Å². The minimum absolute atomic E-state index is 0. The lowest BCUT2D eigenvalue weighted by atomic mass is 10.2. The van der Waals surface area contributed by atoms with Gasteiger partial charge in [0.05, 0.1) is 0 Å². The second-order valence-corrected chi connectivity index (χ2v) is 1.47. The van der Waals surface area contributed by atoms with Gasteiger partial charge in [0.2, 0.25) is 0 Å². The first-order valence-electron chi connectivity index (χ1n) is 2.27. The van der Waals surface area contributed by atoms with Crippen molar-refractivity contribution >= 4 is 12.4 Å². The highest BCUT2D eigenvalue weighted by Gasteiger charge is 1.99. The van der Waals surface area contributed by atoms with Gasteiger partial charge in [-0.2, -0.15) is 0 Å². The van der Waals surface area contributed by atoms with Crippen molar-refractivity contribution in [2.75, 3.05) is 19.8 Å². The van der Waals surface area contributed by atoms with Crippen molar-refractivity contribution in [1.82, 2.24) is 0 Å². The van der Waals surface area contributed by atoms with Crippen LogP contribution in [0.15, 0.2) is 0 Å². The fraction of sp³-hybridized carbons (Fsp3) is 1.00. The lowest BCUT2D eigenvalue weighted by Gasteiger charge is -2.03. The molecule has 0 fully saturated rings. The fourth-order valence-corrected chi connectivity index (χ4v) is 0.207. The van der Waals surface area contributed by atoms with Crippen LogP contribution in [0.3, 0.4) is 0 Å². The first-order valence-corrected chi connectivity index (χ1v) is 2.27. The Morgan fingerprint density at radius 2 is 1.62 bits per heavy atom. The van der Waals surface area contributed by atoms with Crippen LogP contribution in [0.4, 0.5) is 0 Å². The highest BCUT2D eigenvalue weighted by Crippen LogP contribution is 1.85. The minimum Gasteiger partial charge on any atom is -0.396 e. The number of hydrogen-bond donors (Lipinski definition) is 3. The molecule has 0 aromatic carbocycles. The van der Waals surface area contributed by atoms with Crippen LogP contribution in [0.1, 0.15) is 0 Å². The predicted octanol–water partition coefficient (Wildman–Crippen LogP) is -1.03. The maximum atomic E-state index is 8.29. The van der Waals surface area contributed by atoms with Crippen LogP contribution >= 0.6 is 12.4 Å². The summed E-state index contributed by atoms with van der Waals surface area (Å²) in [5.41, 5.74) is 5.07. The predicted molar refractivity (Wildman–Crippen MR) is 34.0 cm³/mol. The molecule has 0 bridgehead atoms. The van der Waals surface area contributed by atoms with Crippen LogP contribution in [0, 0.1) is 5.92 Å². The molecule has 8 heavy (non-hydrogen) atoms. The second-order valence-electron chi connectivity index (χ2n) is 1.47. The molecule has 0 spiro atoms. The zero-order chi connectivity index (χ0) is 5.70. The van der Waals surface area contributed by atoms with E-state index in [0.29, 0.717) is 6.54 Å². The largest absolute Gasteiger partial charge is 0.396 e. The van der Waals surface area contributed by atoms with E-state index in [4.69, 9.17) is 15.9 Å². The molecule has 0 unspecified atom stereocenters. The van der Waals surface area contributed by atoms with E-state index >= 15 is 0 Å². The molecule has 0 atom stereocenters. The molecule has 0 aliphatic heterocycles. The maximum absolute atomic E-state index is 8.29. The highest BCUT2D eigenvalue weighted by atomic mass is 35.5. The van der Waals surface area contributed by atoms with Gasteiger partial charge in [0.1, 0.15) is 0 Å². The van der Waals surface area contributed by atoms with Crippen molar-refractivity contribution in [3.63, 3.8) is 0 Å². The van der Waals surface area contributed by atoms with Gasteiger partial charge in [-0.25, -0.2) is 0 Å². The number of halogens is 1. The maximum Gasteiger partial charge on any atom is 0.0493 e. The fourth-order valence-electron chi connectivity index (χ4n) is 0.207. The minimum atomic E-state index is -0.125. The summed E-state index contributed by atoms with van der Waals surface area (Å²) >= 11 is 0. The summed E-state index contributed by atoms with van der Waals surface area (Å²) in [7, 11) is 0. The molecule has 0 aliphatic rings. The Bertz CT molecular complexity index is 35.5. The molecule has 0 rings (SSSR count). The molecule has 0 heterocycles. The normalized spacial score (nSPS) is 9.00. The summed E-state index contributed by atoms with van der Waals surface area (Å²) in [6, 6.07) is 0. The average molecular weight is 142 g/mol. The van der Waals surface area contributed by atoms with Gasteiger partial charge in [-0.3, -0.25) is 0 Å². The Morgan fingerprint density at radius 1 is 1.25 bits per heavy atom. The van der Waals surface area contributed by atoms with Gasteiger partial charge >= 0.3 is 0 Å². The summed E-state index contributed by atoms with van der Waals surface area (Å²) in [6.07, 6.45) is 0. The zero-order valence-electron chi connectivity index (χ0n) is 4.58. The Morgan fingerprint density at radius 3 is 1.62 bits per heavy atom. The number of aliphatic hydroxyl groups is 2. The first kappa shape index (κ1) is 11.0. The SMILES string of the molecule is Cl.NCC(CO)CO. The summed E-state index contributed by atoms with van der Waals surface area (Å²) in [4.78, 5) is 0. The molecule has 0 saturated heterocycles. The van der Waals surface area contributed by atoms with Crippen LogP contribution in [-0.4, -0.2) is 30.0 Å². The van der Waals surface area contributed by atoms with Crippen molar-refractivity contribution in [1.29, 1.82) is 0 Å². The second kappa shape index (κ2) is 7.17. The van der Waals surface area contributed by atoms with Crippen LogP contribution in [0.2, 0.25) is 0 Å². The van der Waals surface area contributed by atoms with Crippen LogP contribution in [0.5, 0.6) is 0 Å². The van der Waals surface area contributed by atoms with Gasteiger partial charge in [-0.1, -0.05) is 0 Å². The molecule has 0 aromatic heterocycles. The quantitative estimate of drug-likeness (QED) is 0.471. The van der Waals surface area contributed by atoms with E-state index in [9.17, 15) is 0 Å². The van der Waals surface area contributed by atoms with E-state index in [1.54, 1.807) is 0 Å². The van der Waals surface area contributed by atoms with Crippen LogP contribution in [-0.2, 0) is 0 Å². The van der Waals surface area contributed by atoms with E-state index < -0.39 is 0 Å². The molecule has 4 N–H and O–H groups in total. The summed E-state index contributed by atoms with van der Waals surface area (Å²) in [6.45, 7) is 0.313. The van der Waals surface area contributed by atoms with Gasteiger partial charge in [0.15, 0.2) is 0 Å². The average Bonchev–Trinajstić information content (AvgIpc) is 1.72. The topological polar surface area (TPSA) is 66.5 Å². The van der Waals surface area contributed by atoms with E-state index in [-0.39, 0.29) is 31.5 Å². The Balaban J connectivity index is 0. The lowest BCUT2D eigenvalue weighted by Crippen LogP contribution is -2.21. The third-order valence-corrected chi connectivity index (χ3v) is 0.850. The highest BCUT2D eigenvalue weighted by molar-refractivity contribution is 5.85. The Hall–Kier alpha value is 0.170. The van der Waals surface area contributed by atoms with Crippen molar-refractivity contribution in [2.45, 2.75) is 0 Å². The molecule has 52 valence electrons. The van der Waals surface area contributed by atoms with Gasteiger partial charge in [-0.15, -0.1) is 12.4 Å². The monoisotopic (exact) mass is 141 g/mol. The van der Waals surface area contributed by atoms with Crippen molar-refractivity contribution in [3.05, 3.63) is 0 Å². The zero-order valence-corrected chi connectivity index (χ0v) is 5.40. The third kappa shape index (κ3) is 4.33. The van der Waals surface area contributed by atoms with Gasteiger partial charge < -0.3 is 15.9 Å². The number of hydrogen-bond acceptors (Lipinski definition) is 3. The molecule has 0 radical (unpaired) electrons. The summed E-state index contributed by atoms with van der Waals surface area (Å²) < 4.78 is 0. The van der Waals surface area contributed by atoms with Gasteiger partial charge in [0, 0.05) is 19.1 Å². The smallest absolute Gasteiger partial charge is 0.0493 e. The van der Waals surface area contributed by atoms with Crippen molar-refractivity contribution in [2.24, 2.45) is 11.7 Å². The molecular weight excluding hydrogens is 130 g/mol. The lowest BCUT2D eigenvalue weighted by molar-refractivity contribution is 0.155. The molecule has 0 saturated carbocycles. The summed E-state index contributed by atoms with van der Waals surface area (Å²) in [5.74, 6) is -0.125. The standard InChI is InChI=1S/C4H11NO2.ClH/c5-1-4(2-6)3-7;/h4,6-7H,1-3,5H2;1H. The Kier molecular flexibility index (Phi) is 9.89. The third-order valence-electron chi connectivity index (χ3n) is 0.850. The molecule has 0 aliphatic carbocycles.